The summed E-state index contributed by atoms with van der Waals surface area (Å²) in [6.45, 7) is 4.85. The summed E-state index contributed by atoms with van der Waals surface area (Å²) in [7, 11) is 0. The molecule has 4 heterocycles. The average Bonchev–Trinajstić information content (AvgIpc) is 3.19. The second kappa shape index (κ2) is 5.36. The van der Waals surface area contributed by atoms with Gasteiger partial charge < -0.3 is 14.4 Å². The minimum atomic E-state index is 0.0924. The summed E-state index contributed by atoms with van der Waals surface area (Å²) in [6.07, 6.45) is 3.92. The van der Waals surface area contributed by atoms with Crippen molar-refractivity contribution in [2.24, 2.45) is 0 Å². The van der Waals surface area contributed by atoms with Crippen LogP contribution in [0.1, 0.15) is 11.0 Å². The highest BCUT2D eigenvalue weighted by atomic mass is 32.1. The number of fused-ring (bicyclic) bond motifs is 1. The third kappa shape index (κ3) is 2.54. The molecule has 2 aromatic heterocycles. The molecule has 2 aliphatic heterocycles. The maximum atomic E-state index is 6.05. The molecule has 0 saturated carbocycles. The Morgan fingerprint density at radius 2 is 1.95 bits per heavy atom. The molecule has 0 spiro atoms. The third-order valence-electron chi connectivity index (χ3n) is 3.91. The Hall–Kier alpha value is -1.51. The van der Waals surface area contributed by atoms with Crippen LogP contribution in [0.2, 0.25) is 0 Å². The van der Waals surface area contributed by atoms with E-state index >= 15 is 0 Å². The molecule has 2 atom stereocenters. The van der Waals surface area contributed by atoms with E-state index in [9.17, 15) is 0 Å². The number of ether oxygens (including phenoxy) is 2. The van der Waals surface area contributed by atoms with E-state index in [1.54, 1.807) is 17.5 Å². The third-order valence-corrected chi connectivity index (χ3v) is 4.81. The lowest BCUT2D eigenvalue weighted by atomic mass is 10.3. The first-order valence-corrected chi connectivity index (χ1v) is 7.88. The van der Waals surface area contributed by atoms with E-state index in [4.69, 9.17) is 9.47 Å². The van der Waals surface area contributed by atoms with Gasteiger partial charge in [0.2, 0.25) is 5.13 Å². The number of anilines is 1. The summed E-state index contributed by atoms with van der Waals surface area (Å²) in [5.41, 5.74) is 0. The van der Waals surface area contributed by atoms with Crippen LogP contribution in [0, 0.1) is 6.92 Å². The molecule has 0 aliphatic carbocycles. The minimum Gasteiger partial charge on any atom is -0.371 e. The van der Waals surface area contributed by atoms with Crippen molar-refractivity contribution in [3.63, 3.8) is 0 Å². The Balaban J connectivity index is 1.43. The largest absolute Gasteiger partial charge is 0.371 e. The number of hydrogen-bond acceptors (Lipinski definition) is 7. The fourth-order valence-electron chi connectivity index (χ4n) is 2.80. The van der Waals surface area contributed by atoms with Crippen molar-refractivity contribution < 1.29 is 9.47 Å². The van der Waals surface area contributed by atoms with Crippen molar-refractivity contribution in [3.8, 4) is 0 Å². The molecule has 2 saturated heterocycles. The highest BCUT2D eigenvalue weighted by Crippen LogP contribution is 2.29. The Bertz CT molecular complexity index is 585. The number of aromatic nitrogens is 4. The summed E-state index contributed by atoms with van der Waals surface area (Å²) < 4.78 is 14.0. The van der Waals surface area contributed by atoms with E-state index in [1.807, 2.05) is 23.9 Å². The molecule has 0 aromatic carbocycles. The van der Waals surface area contributed by atoms with Crippen molar-refractivity contribution in [3.05, 3.63) is 23.5 Å². The molecule has 8 heteroatoms. The normalized spacial score (nSPS) is 26.8. The molecule has 0 unspecified atom stereocenters. The van der Waals surface area contributed by atoms with Crippen molar-refractivity contribution in [2.75, 3.05) is 31.2 Å². The van der Waals surface area contributed by atoms with E-state index in [0.29, 0.717) is 13.2 Å². The van der Waals surface area contributed by atoms with Gasteiger partial charge in [-0.1, -0.05) is 11.3 Å². The van der Waals surface area contributed by atoms with Gasteiger partial charge in [-0.15, -0.1) is 10.2 Å². The van der Waals surface area contributed by atoms with Crippen LogP contribution >= 0.6 is 11.3 Å². The monoisotopic (exact) mass is 307 g/mol. The van der Waals surface area contributed by atoms with E-state index < -0.39 is 0 Å². The zero-order valence-electron chi connectivity index (χ0n) is 11.8. The van der Waals surface area contributed by atoms with Crippen LogP contribution in [0.3, 0.4) is 0 Å². The number of nitrogens with zero attached hydrogens (tertiary/aromatic N) is 5. The lowest BCUT2D eigenvalue weighted by Gasteiger charge is -2.17. The van der Waals surface area contributed by atoms with Crippen LogP contribution in [-0.2, 0) is 9.47 Å². The zero-order valence-corrected chi connectivity index (χ0v) is 12.6. The van der Waals surface area contributed by atoms with E-state index in [-0.39, 0.29) is 18.2 Å². The van der Waals surface area contributed by atoms with Crippen LogP contribution in [0.15, 0.2) is 18.5 Å². The number of aryl methyl sites for hydroxylation is 1. The average molecular weight is 307 g/mol. The second-order valence-electron chi connectivity index (χ2n) is 5.39. The Kier molecular flexibility index (Phi) is 3.36. The highest BCUT2D eigenvalue weighted by Gasteiger charge is 2.38. The fourth-order valence-corrected chi connectivity index (χ4v) is 3.51. The van der Waals surface area contributed by atoms with Gasteiger partial charge in [0.15, 0.2) is 0 Å². The van der Waals surface area contributed by atoms with Crippen LogP contribution in [0.25, 0.3) is 0 Å². The van der Waals surface area contributed by atoms with Crippen LogP contribution in [-0.4, -0.2) is 58.5 Å². The summed E-state index contributed by atoms with van der Waals surface area (Å²) in [5.74, 6) is 0. The molecule has 0 amide bonds. The smallest absolute Gasteiger partial charge is 0.208 e. The van der Waals surface area contributed by atoms with Gasteiger partial charge in [-0.3, -0.25) is 4.68 Å². The summed E-state index contributed by atoms with van der Waals surface area (Å²) in [6, 6.07) is 2.08. The van der Waals surface area contributed by atoms with Gasteiger partial charge >= 0.3 is 0 Å². The first kappa shape index (κ1) is 13.2. The predicted molar refractivity (Wildman–Crippen MR) is 77.6 cm³/mol. The quantitative estimate of drug-likeness (QED) is 0.821. The lowest BCUT2D eigenvalue weighted by molar-refractivity contribution is -0.00461. The molecule has 7 nitrogen and oxygen atoms in total. The molecule has 21 heavy (non-hydrogen) atoms. The Morgan fingerprint density at radius 3 is 2.52 bits per heavy atom. The zero-order chi connectivity index (χ0) is 14.2. The van der Waals surface area contributed by atoms with Gasteiger partial charge in [-0.05, 0) is 13.0 Å². The maximum Gasteiger partial charge on any atom is 0.208 e. The van der Waals surface area contributed by atoms with E-state index in [1.165, 1.54) is 0 Å². The van der Waals surface area contributed by atoms with Gasteiger partial charge in [-0.2, -0.15) is 5.10 Å². The predicted octanol–water partition coefficient (Wildman–Crippen LogP) is 0.888. The maximum absolute atomic E-state index is 6.05. The first-order chi connectivity index (χ1) is 10.3. The standard InChI is InChI=1S/C13H17N5O2S/c1-9-15-16-13(21-9)17-5-11-12(6-17)20-8-10(7-19-11)18-4-2-3-14-18/h2-4,10-12H,5-8H2,1H3/t11-,12-/m0/s1. The van der Waals surface area contributed by atoms with Gasteiger partial charge in [0.1, 0.15) is 17.2 Å². The van der Waals surface area contributed by atoms with Gasteiger partial charge in [0.05, 0.1) is 19.3 Å². The molecule has 2 aromatic rings. The fraction of sp³-hybridized carbons (Fsp3) is 0.615. The summed E-state index contributed by atoms with van der Waals surface area (Å²) >= 11 is 1.61. The minimum absolute atomic E-state index is 0.0924. The molecule has 4 rings (SSSR count). The van der Waals surface area contributed by atoms with Crippen molar-refractivity contribution in [1.29, 1.82) is 0 Å². The van der Waals surface area contributed by atoms with Crippen LogP contribution in [0.4, 0.5) is 5.13 Å². The molecular weight excluding hydrogens is 290 g/mol. The van der Waals surface area contributed by atoms with Crippen molar-refractivity contribution in [1.82, 2.24) is 20.0 Å². The molecule has 112 valence electrons. The lowest BCUT2D eigenvalue weighted by Crippen LogP contribution is -2.27. The molecule has 2 aliphatic rings. The molecule has 2 fully saturated rings. The summed E-state index contributed by atoms with van der Waals surface area (Å²) in [4.78, 5) is 2.20. The highest BCUT2D eigenvalue weighted by molar-refractivity contribution is 7.15. The van der Waals surface area contributed by atoms with Gasteiger partial charge in [0, 0.05) is 25.5 Å². The molecular formula is C13H17N5O2S. The number of hydrogen-bond donors (Lipinski definition) is 0. The molecule has 0 radical (unpaired) electrons. The second-order valence-corrected chi connectivity index (χ2v) is 6.55. The SMILES string of the molecule is Cc1nnc(N2C[C@@H]3OCC(n4cccn4)CO[C@H]3C2)s1. The van der Waals surface area contributed by atoms with Gasteiger partial charge in [0.25, 0.3) is 0 Å². The Labute approximate surface area is 126 Å². The van der Waals surface area contributed by atoms with Crippen LogP contribution < -0.4 is 4.90 Å². The van der Waals surface area contributed by atoms with E-state index in [2.05, 4.69) is 20.2 Å². The Morgan fingerprint density at radius 1 is 1.19 bits per heavy atom. The van der Waals surface area contributed by atoms with E-state index in [0.717, 1.165) is 23.2 Å². The van der Waals surface area contributed by atoms with Crippen LogP contribution in [0.5, 0.6) is 0 Å². The molecule has 0 N–H and O–H groups in total. The van der Waals surface area contributed by atoms with Crippen molar-refractivity contribution in [2.45, 2.75) is 25.2 Å². The summed E-state index contributed by atoms with van der Waals surface area (Å²) in [5, 5.41) is 14.5. The van der Waals surface area contributed by atoms with Crippen molar-refractivity contribution >= 4 is 16.5 Å². The van der Waals surface area contributed by atoms with Gasteiger partial charge in [-0.25, -0.2) is 0 Å². The molecule has 0 bridgehead atoms. The first-order valence-electron chi connectivity index (χ1n) is 7.07. The topological polar surface area (TPSA) is 65.3 Å². The number of rotatable bonds is 2.